The van der Waals surface area contributed by atoms with E-state index in [1.807, 2.05) is 0 Å². The molecule has 0 unspecified atom stereocenters. The van der Waals surface area contributed by atoms with Crippen LogP contribution >= 0.6 is 0 Å². The van der Waals surface area contributed by atoms with Crippen molar-refractivity contribution in [3.8, 4) is 17.2 Å². The molecule has 0 aliphatic carbocycles. The highest BCUT2D eigenvalue weighted by Crippen LogP contribution is 2.25. The molecular weight excluding hydrogens is 388 g/mol. The lowest BCUT2D eigenvalue weighted by Gasteiger charge is -2.17. The quantitative estimate of drug-likeness (QED) is 0.562. The van der Waals surface area contributed by atoms with Gasteiger partial charge in [0.25, 0.3) is 5.91 Å². The van der Waals surface area contributed by atoms with E-state index >= 15 is 0 Å². The molecule has 9 heteroatoms. The lowest BCUT2D eigenvalue weighted by atomic mass is 10.2. The zero-order chi connectivity index (χ0) is 21.2. The fourth-order valence-electron chi connectivity index (χ4n) is 2.31. The van der Waals surface area contributed by atoms with Gasteiger partial charge in [-0.05, 0) is 29.8 Å². The van der Waals surface area contributed by atoms with Crippen LogP contribution in [0.5, 0.6) is 17.2 Å². The highest BCUT2D eigenvalue weighted by molar-refractivity contribution is 5.80. The smallest absolute Gasteiger partial charge is 0.387 e. The fraction of sp³-hybridized carbons (Fsp3) is 0.300. The van der Waals surface area contributed by atoms with E-state index in [0.717, 1.165) is 0 Å². The molecule has 0 bridgehead atoms. The second kappa shape index (κ2) is 10.8. The van der Waals surface area contributed by atoms with Crippen LogP contribution in [0.2, 0.25) is 0 Å². The zero-order valence-corrected chi connectivity index (χ0v) is 16.0. The normalized spacial score (nSPS) is 10.4. The van der Waals surface area contributed by atoms with Gasteiger partial charge in [0.05, 0.1) is 7.11 Å². The molecule has 0 aliphatic rings. The Labute approximate surface area is 166 Å². The summed E-state index contributed by atoms with van der Waals surface area (Å²) in [5.41, 5.74) is 0.702. The number of esters is 1. The molecule has 0 fully saturated rings. The van der Waals surface area contributed by atoms with E-state index in [2.05, 4.69) is 4.74 Å². The monoisotopic (exact) mass is 409 g/mol. The number of likely N-dealkylation sites (N-methyl/N-ethyl adjacent to an activating group) is 1. The molecule has 0 heterocycles. The van der Waals surface area contributed by atoms with Crippen molar-refractivity contribution in [3.63, 3.8) is 0 Å². The van der Waals surface area contributed by atoms with Crippen molar-refractivity contribution in [1.82, 2.24) is 4.90 Å². The number of ether oxygens (including phenoxy) is 4. The van der Waals surface area contributed by atoms with Crippen LogP contribution in [-0.4, -0.2) is 50.8 Å². The lowest BCUT2D eigenvalue weighted by Crippen LogP contribution is -2.31. The molecule has 2 aromatic rings. The number of para-hydroxylation sites is 2. The van der Waals surface area contributed by atoms with E-state index in [-0.39, 0.29) is 18.9 Å². The predicted octanol–water partition coefficient (Wildman–Crippen LogP) is 2.88. The van der Waals surface area contributed by atoms with Crippen molar-refractivity contribution in [2.45, 2.75) is 13.2 Å². The van der Waals surface area contributed by atoms with Crippen LogP contribution in [0, 0.1) is 0 Å². The number of methoxy groups -OCH3 is 1. The number of amides is 1. The summed E-state index contributed by atoms with van der Waals surface area (Å²) >= 11 is 0. The highest BCUT2D eigenvalue weighted by atomic mass is 19.3. The highest BCUT2D eigenvalue weighted by Gasteiger charge is 2.14. The Morgan fingerprint density at radius 3 is 2.28 bits per heavy atom. The minimum absolute atomic E-state index is 0.0294. The maximum absolute atomic E-state index is 12.1. The van der Waals surface area contributed by atoms with E-state index in [0.29, 0.717) is 17.1 Å². The topological polar surface area (TPSA) is 74.3 Å². The molecule has 29 heavy (non-hydrogen) atoms. The van der Waals surface area contributed by atoms with Gasteiger partial charge in [-0.3, -0.25) is 4.79 Å². The third-order valence-corrected chi connectivity index (χ3v) is 3.77. The molecule has 0 N–H and O–H groups in total. The van der Waals surface area contributed by atoms with Gasteiger partial charge in [-0.15, -0.1) is 0 Å². The molecule has 1 amide bonds. The molecule has 0 saturated heterocycles. The van der Waals surface area contributed by atoms with Gasteiger partial charge in [-0.2, -0.15) is 8.78 Å². The first-order valence-corrected chi connectivity index (χ1v) is 8.58. The second-order valence-electron chi connectivity index (χ2n) is 5.87. The zero-order valence-electron chi connectivity index (χ0n) is 16.0. The molecule has 0 atom stereocenters. The molecule has 2 aromatic carbocycles. The first-order valence-electron chi connectivity index (χ1n) is 8.58. The van der Waals surface area contributed by atoms with Crippen LogP contribution in [0.1, 0.15) is 5.56 Å². The maximum atomic E-state index is 12.1. The van der Waals surface area contributed by atoms with Gasteiger partial charge in [0, 0.05) is 13.6 Å². The SMILES string of the molecule is COc1ccccc1OCC(=O)OCC(=O)N(C)Cc1ccc(OC(F)F)cc1. The average Bonchev–Trinajstić information content (AvgIpc) is 2.71. The van der Waals surface area contributed by atoms with E-state index in [1.54, 1.807) is 36.4 Å². The lowest BCUT2D eigenvalue weighted by molar-refractivity contribution is -0.153. The van der Waals surface area contributed by atoms with Crippen LogP contribution in [-0.2, 0) is 20.9 Å². The summed E-state index contributed by atoms with van der Waals surface area (Å²) in [7, 11) is 3.01. The van der Waals surface area contributed by atoms with Crippen molar-refractivity contribution in [3.05, 3.63) is 54.1 Å². The van der Waals surface area contributed by atoms with Crippen molar-refractivity contribution < 1.29 is 37.3 Å². The maximum Gasteiger partial charge on any atom is 0.387 e. The Morgan fingerprint density at radius 1 is 1.00 bits per heavy atom. The summed E-state index contributed by atoms with van der Waals surface area (Å²) < 4.78 is 43.9. The Hall–Kier alpha value is -3.36. The van der Waals surface area contributed by atoms with Gasteiger partial charge < -0.3 is 23.8 Å². The van der Waals surface area contributed by atoms with Crippen molar-refractivity contribution in [2.75, 3.05) is 27.4 Å². The van der Waals surface area contributed by atoms with E-state index in [4.69, 9.17) is 14.2 Å². The van der Waals surface area contributed by atoms with Gasteiger partial charge in [-0.1, -0.05) is 24.3 Å². The summed E-state index contributed by atoms with van der Waals surface area (Å²) in [6, 6.07) is 12.7. The molecule has 7 nitrogen and oxygen atoms in total. The molecule has 2 rings (SSSR count). The molecule has 0 aromatic heterocycles. The Bertz CT molecular complexity index is 813. The number of hydrogen-bond donors (Lipinski definition) is 0. The molecule has 0 radical (unpaired) electrons. The number of rotatable bonds is 10. The van der Waals surface area contributed by atoms with Crippen molar-refractivity contribution in [1.29, 1.82) is 0 Å². The number of halogens is 2. The molecular formula is C20H21F2NO6. The Balaban J connectivity index is 1.75. The number of carbonyl (C=O) groups is 2. The second-order valence-corrected chi connectivity index (χ2v) is 5.87. The number of hydrogen-bond acceptors (Lipinski definition) is 6. The summed E-state index contributed by atoms with van der Waals surface area (Å²) in [5, 5.41) is 0. The largest absolute Gasteiger partial charge is 0.493 e. The standard InChI is InChI=1S/C20H21F2NO6/c1-23(11-14-7-9-15(10-8-14)29-20(21)22)18(24)12-28-19(25)13-27-17-6-4-3-5-16(17)26-2/h3-10,20H,11-13H2,1-2H3. The van der Waals surface area contributed by atoms with Crippen LogP contribution in [0.25, 0.3) is 0 Å². The predicted molar refractivity (Wildman–Crippen MR) is 99.0 cm³/mol. The number of alkyl halides is 2. The summed E-state index contributed by atoms with van der Waals surface area (Å²) in [4.78, 5) is 25.2. The van der Waals surface area contributed by atoms with E-state index < -0.39 is 25.1 Å². The van der Waals surface area contributed by atoms with Gasteiger partial charge in [0.2, 0.25) is 0 Å². The minimum Gasteiger partial charge on any atom is -0.493 e. The molecule has 0 saturated carbocycles. The van der Waals surface area contributed by atoms with E-state index in [1.165, 1.54) is 31.2 Å². The third kappa shape index (κ3) is 7.28. The van der Waals surface area contributed by atoms with Crippen molar-refractivity contribution >= 4 is 11.9 Å². The fourth-order valence-corrected chi connectivity index (χ4v) is 2.31. The number of carbonyl (C=O) groups excluding carboxylic acids is 2. The first-order chi connectivity index (χ1) is 13.9. The summed E-state index contributed by atoms with van der Waals surface area (Å²) in [6.45, 7) is -3.50. The van der Waals surface area contributed by atoms with Crippen LogP contribution < -0.4 is 14.2 Å². The van der Waals surface area contributed by atoms with Gasteiger partial charge >= 0.3 is 12.6 Å². The minimum atomic E-state index is -2.90. The molecule has 156 valence electrons. The van der Waals surface area contributed by atoms with Crippen LogP contribution in [0.3, 0.4) is 0 Å². The van der Waals surface area contributed by atoms with Gasteiger partial charge in [0.1, 0.15) is 5.75 Å². The van der Waals surface area contributed by atoms with E-state index in [9.17, 15) is 18.4 Å². The average molecular weight is 409 g/mol. The Kier molecular flexibility index (Phi) is 8.20. The Morgan fingerprint density at radius 2 is 1.66 bits per heavy atom. The number of benzene rings is 2. The first kappa shape index (κ1) is 21.9. The van der Waals surface area contributed by atoms with Crippen LogP contribution in [0.4, 0.5) is 8.78 Å². The van der Waals surface area contributed by atoms with Gasteiger partial charge in [-0.25, -0.2) is 4.79 Å². The third-order valence-electron chi connectivity index (χ3n) is 3.77. The molecule has 0 aliphatic heterocycles. The van der Waals surface area contributed by atoms with Crippen molar-refractivity contribution in [2.24, 2.45) is 0 Å². The van der Waals surface area contributed by atoms with Crippen LogP contribution in [0.15, 0.2) is 48.5 Å². The van der Waals surface area contributed by atoms with Gasteiger partial charge in [0.15, 0.2) is 24.7 Å². The summed E-state index contributed by atoms with van der Waals surface area (Å²) in [5.74, 6) is -0.243. The summed E-state index contributed by atoms with van der Waals surface area (Å²) in [6.07, 6.45) is 0. The molecule has 0 spiro atoms. The number of nitrogens with zero attached hydrogens (tertiary/aromatic N) is 1.